The lowest BCUT2D eigenvalue weighted by atomic mass is 9.99. The summed E-state index contributed by atoms with van der Waals surface area (Å²) in [6, 6.07) is 7.66. The van der Waals surface area contributed by atoms with E-state index >= 15 is 0 Å². The summed E-state index contributed by atoms with van der Waals surface area (Å²) in [5.41, 5.74) is 1.09. The van der Waals surface area contributed by atoms with Gasteiger partial charge in [-0.05, 0) is 36.5 Å². The second-order valence-electron chi connectivity index (χ2n) is 5.98. The molecule has 0 heterocycles. The van der Waals surface area contributed by atoms with Crippen LogP contribution in [-0.4, -0.2) is 32.0 Å². The van der Waals surface area contributed by atoms with E-state index in [-0.39, 0.29) is 0 Å². The van der Waals surface area contributed by atoms with Gasteiger partial charge in [0, 0.05) is 13.1 Å². The lowest BCUT2D eigenvalue weighted by molar-refractivity contribution is -0.139. The van der Waals surface area contributed by atoms with Crippen LogP contribution in [0.1, 0.15) is 45.1 Å². The van der Waals surface area contributed by atoms with Crippen LogP contribution in [-0.2, 0) is 16.0 Å². The zero-order valence-electron chi connectivity index (χ0n) is 15.1. The van der Waals surface area contributed by atoms with Gasteiger partial charge in [-0.15, -0.1) is 0 Å². The van der Waals surface area contributed by atoms with E-state index in [1.54, 1.807) is 7.11 Å². The maximum absolute atomic E-state index is 11.8. The Morgan fingerprint density at radius 1 is 1.08 bits per heavy atom. The Bertz CT molecular complexity index is 500. The van der Waals surface area contributed by atoms with Crippen molar-refractivity contribution in [3.8, 4) is 5.75 Å². The largest absolute Gasteiger partial charge is 0.497 e. The Morgan fingerprint density at radius 2 is 1.75 bits per heavy atom. The first kappa shape index (κ1) is 20.0. The van der Waals surface area contributed by atoms with Crippen LogP contribution in [0.2, 0.25) is 0 Å². The van der Waals surface area contributed by atoms with E-state index in [0.717, 1.165) is 37.0 Å². The lowest BCUT2D eigenvalue weighted by Gasteiger charge is -2.15. The highest BCUT2D eigenvalue weighted by molar-refractivity contribution is 6.35. The summed E-state index contributed by atoms with van der Waals surface area (Å²) in [6.07, 6.45) is 5.08. The number of amides is 2. The van der Waals surface area contributed by atoms with E-state index in [2.05, 4.69) is 24.5 Å². The summed E-state index contributed by atoms with van der Waals surface area (Å²) in [4.78, 5) is 23.6. The summed E-state index contributed by atoms with van der Waals surface area (Å²) < 4.78 is 5.10. The third-order valence-electron chi connectivity index (χ3n) is 4.16. The molecule has 0 radical (unpaired) electrons. The summed E-state index contributed by atoms with van der Waals surface area (Å²) in [7, 11) is 1.62. The second-order valence-corrected chi connectivity index (χ2v) is 5.98. The van der Waals surface area contributed by atoms with Gasteiger partial charge < -0.3 is 15.4 Å². The molecule has 24 heavy (non-hydrogen) atoms. The highest BCUT2D eigenvalue weighted by Crippen LogP contribution is 2.12. The molecule has 5 nitrogen and oxygen atoms in total. The molecule has 1 atom stereocenters. The van der Waals surface area contributed by atoms with E-state index < -0.39 is 11.8 Å². The predicted octanol–water partition coefficient (Wildman–Crippen LogP) is 2.69. The van der Waals surface area contributed by atoms with Crippen LogP contribution < -0.4 is 15.4 Å². The average molecular weight is 334 g/mol. The lowest BCUT2D eigenvalue weighted by Crippen LogP contribution is -2.42. The van der Waals surface area contributed by atoms with Crippen molar-refractivity contribution in [3.05, 3.63) is 29.8 Å². The van der Waals surface area contributed by atoms with Gasteiger partial charge in [0.05, 0.1) is 7.11 Å². The zero-order chi connectivity index (χ0) is 17.8. The van der Waals surface area contributed by atoms with Gasteiger partial charge in [-0.2, -0.15) is 0 Å². The number of hydrogen-bond acceptors (Lipinski definition) is 3. The smallest absolute Gasteiger partial charge is 0.309 e. The Labute approximate surface area is 145 Å². The Hall–Kier alpha value is -2.04. The monoisotopic (exact) mass is 334 g/mol. The highest BCUT2D eigenvalue weighted by Gasteiger charge is 2.14. The molecule has 1 rings (SSSR count). The van der Waals surface area contributed by atoms with E-state index in [4.69, 9.17) is 4.74 Å². The summed E-state index contributed by atoms with van der Waals surface area (Å²) >= 11 is 0. The van der Waals surface area contributed by atoms with Crippen molar-refractivity contribution in [1.29, 1.82) is 0 Å². The molecular formula is C19H30N2O3. The van der Waals surface area contributed by atoms with Crippen molar-refractivity contribution in [2.24, 2.45) is 5.92 Å². The van der Waals surface area contributed by atoms with Crippen LogP contribution >= 0.6 is 0 Å². The van der Waals surface area contributed by atoms with Crippen molar-refractivity contribution in [2.75, 3.05) is 20.2 Å². The van der Waals surface area contributed by atoms with Crippen LogP contribution in [0, 0.1) is 5.92 Å². The highest BCUT2D eigenvalue weighted by atomic mass is 16.5. The fourth-order valence-electron chi connectivity index (χ4n) is 2.45. The second kappa shape index (κ2) is 11.5. The fourth-order valence-corrected chi connectivity index (χ4v) is 2.45. The molecule has 0 saturated heterocycles. The van der Waals surface area contributed by atoms with Gasteiger partial charge in [-0.3, -0.25) is 9.59 Å². The van der Waals surface area contributed by atoms with Crippen molar-refractivity contribution in [2.45, 2.75) is 46.0 Å². The maximum atomic E-state index is 11.8. The molecule has 0 spiro atoms. The van der Waals surface area contributed by atoms with Crippen molar-refractivity contribution in [3.63, 3.8) is 0 Å². The quantitative estimate of drug-likeness (QED) is 0.647. The molecule has 5 heteroatoms. The number of methoxy groups -OCH3 is 1. The van der Waals surface area contributed by atoms with Crippen molar-refractivity contribution >= 4 is 11.8 Å². The minimum absolute atomic E-state index is 0.436. The fraction of sp³-hybridized carbons (Fsp3) is 0.579. The molecular weight excluding hydrogens is 304 g/mol. The Balaban J connectivity index is 2.26. The number of carbonyl (C=O) groups excluding carboxylic acids is 2. The molecule has 134 valence electrons. The summed E-state index contributed by atoms with van der Waals surface area (Å²) in [5, 5.41) is 5.40. The standard InChI is InChI=1S/C19H30N2O3/c1-4-6-7-15(5-2)14-21-19(23)18(22)20-13-12-16-8-10-17(24-3)11-9-16/h8-11,15H,4-7,12-14H2,1-3H3,(H,20,22)(H,21,23)/t15-/m1/s1. The van der Waals surface area contributed by atoms with Gasteiger partial charge in [-0.25, -0.2) is 0 Å². The van der Waals surface area contributed by atoms with Gasteiger partial charge >= 0.3 is 11.8 Å². The predicted molar refractivity (Wildman–Crippen MR) is 96.0 cm³/mol. The maximum Gasteiger partial charge on any atom is 0.309 e. The first-order valence-electron chi connectivity index (χ1n) is 8.79. The van der Waals surface area contributed by atoms with Crippen LogP contribution in [0.15, 0.2) is 24.3 Å². The molecule has 2 N–H and O–H groups in total. The summed E-state index contributed by atoms with van der Waals surface area (Å²) in [5.74, 6) is 0.144. The molecule has 0 bridgehead atoms. The first-order valence-corrected chi connectivity index (χ1v) is 8.79. The minimum Gasteiger partial charge on any atom is -0.497 e. The number of benzene rings is 1. The number of hydrogen-bond donors (Lipinski definition) is 2. The van der Waals surface area contributed by atoms with Gasteiger partial charge in [-0.1, -0.05) is 45.2 Å². The topological polar surface area (TPSA) is 67.4 Å². The van der Waals surface area contributed by atoms with E-state index in [0.29, 0.717) is 25.4 Å². The SMILES string of the molecule is CCCC[C@@H](CC)CNC(=O)C(=O)NCCc1ccc(OC)cc1. The molecule has 0 unspecified atom stereocenters. The molecule has 0 aliphatic carbocycles. The number of ether oxygens (including phenoxy) is 1. The van der Waals surface area contributed by atoms with E-state index in [1.165, 1.54) is 0 Å². The van der Waals surface area contributed by atoms with Crippen LogP contribution in [0.3, 0.4) is 0 Å². The van der Waals surface area contributed by atoms with Gasteiger partial charge in [0.25, 0.3) is 0 Å². The third kappa shape index (κ3) is 7.49. The number of carbonyl (C=O) groups is 2. The molecule has 0 saturated carbocycles. The van der Waals surface area contributed by atoms with Gasteiger partial charge in [0.15, 0.2) is 0 Å². The first-order chi connectivity index (χ1) is 11.6. The van der Waals surface area contributed by atoms with Crippen LogP contribution in [0.5, 0.6) is 5.75 Å². The molecule has 1 aromatic rings. The molecule has 0 aromatic heterocycles. The number of nitrogens with one attached hydrogen (secondary N) is 2. The molecule has 2 amide bonds. The molecule has 0 aliphatic heterocycles. The van der Waals surface area contributed by atoms with E-state index in [1.807, 2.05) is 24.3 Å². The Morgan fingerprint density at radius 3 is 2.33 bits per heavy atom. The summed E-state index contributed by atoms with van der Waals surface area (Å²) in [6.45, 7) is 5.27. The molecule has 0 fully saturated rings. The number of unbranched alkanes of at least 4 members (excludes halogenated alkanes) is 1. The molecule has 0 aliphatic rings. The van der Waals surface area contributed by atoms with Crippen LogP contribution in [0.25, 0.3) is 0 Å². The van der Waals surface area contributed by atoms with Gasteiger partial charge in [0.2, 0.25) is 0 Å². The normalized spacial score (nSPS) is 11.6. The van der Waals surface area contributed by atoms with Crippen LogP contribution in [0.4, 0.5) is 0 Å². The molecule has 1 aromatic carbocycles. The van der Waals surface area contributed by atoms with E-state index in [9.17, 15) is 9.59 Å². The average Bonchev–Trinajstić information content (AvgIpc) is 2.62. The Kier molecular flexibility index (Phi) is 9.58. The number of rotatable bonds is 10. The van der Waals surface area contributed by atoms with Crippen molar-refractivity contribution in [1.82, 2.24) is 10.6 Å². The van der Waals surface area contributed by atoms with Crippen molar-refractivity contribution < 1.29 is 14.3 Å². The van der Waals surface area contributed by atoms with Gasteiger partial charge in [0.1, 0.15) is 5.75 Å². The minimum atomic E-state index is -0.561. The third-order valence-corrected chi connectivity index (χ3v) is 4.16. The zero-order valence-corrected chi connectivity index (χ0v) is 15.1.